The molecule has 1 fully saturated rings. The Morgan fingerprint density at radius 1 is 1.23 bits per heavy atom. The summed E-state index contributed by atoms with van der Waals surface area (Å²) in [5, 5.41) is 10.6. The summed E-state index contributed by atoms with van der Waals surface area (Å²) in [7, 11) is 0. The SMILES string of the molecule is Oc1c(/C=C2/C=Nc3ccccc32)sc(=S)n1CCCN1CCOCC1. The van der Waals surface area contributed by atoms with E-state index in [1.807, 2.05) is 41.1 Å². The van der Waals surface area contributed by atoms with Crippen LogP contribution in [0.15, 0.2) is 29.3 Å². The quantitative estimate of drug-likeness (QED) is 0.789. The lowest BCUT2D eigenvalue weighted by molar-refractivity contribution is 0.0368. The largest absolute Gasteiger partial charge is 0.493 e. The van der Waals surface area contributed by atoms with Crippen molar-refractivity contribution >= 4 is 47.1 Å². The summed E-state index contributed by atoms with van der Waals surface area (Å²) in [5.74, 6) is 0.257. The number of aromatic nitrogens is 1. The van der Waals surface area contributed by atoms with Crippen LogP contribution in [-0.2, 0) is 11.3 Å². The van der Waals surface area contributed by atoms with E-state index in [4.69, 9.17) is 17.0 Å². The lowest BCUT2D eigenvalue weighted by atomic mass is 10.1. The van der Waals surface area contributed by atoms with Crippen molar-refractivity contribution in [3.63, 3.8) is 0 Å². The summed E-state index contributed by atoms with van der Waals surface area (Å²) in [6.45, 7) is 5.31. The van der Waals surface area contributed by atoms with E-state index in [-0.39, 0.29) is 5.88 Å². The first-order valence-corrected chi connectivity index (χ1v) is 10.0. The van der Waals surface area contributed by atoms with Crippen LogP contribution in [0, 0.1) is 3.95 Å². The average Bonchev–Trinajstić information content (AvgIpc) is 3.19. The number of rotatable bonds is 5. The maximum absolute atomic E-state index is 10.6. The molecule has 3 heterocycles. The molecule has 0 aliphatic carbocycles. The van der Waals surface area contributed by atoms with Crippen LogP contribution in [0.3, 0.4) is 0 Å². The molecule has 2 aliphatic heterocycles. The molecule has 0 spiro atoms. The Kier molecular flexibility index (Phi) is 5.31. The number of hydrogen-bond donors (Lipinski definition) is 1. The van der Waals surface area contributed by atoms with Gasteiger partial charge < -0.3 is 9.84 Å². The molecule has 136 valence electrons. The van der Waals surface area contributed by atoms with Gasteiger partial charge in [0.2, 0.25) is 5.88 Å². The average molecular weight is 388 g/mol. The zero-order valence-corrected chi connectivity index (χ0v) is 16.1. The minimum Gasteiger partial charge on any atom is -0.493 e. The maximum Gasteiger partial charge on any atom is 0.210 e. The van der Waals surface area contributed by atoms with Crippen molar-refractivity contribution in [2.45, 2.75) is 13.0 Å². The van der Waals surface area contributed by atoms with E-state index in [1.165, 1.54) is 11.3 Å². The Morgan fingerprint density at radius 2 is 2.04 bits per heavy atom. The third-order valence-corrected chi connectivity index (χ3v) is 6.08. The predicted molar refractivity (Wildman–Crippen MR) is 109 cm³/mol. The van der Waals surface area contributed by atoms with Crippen molar-refractivity contribution in [2.75, 3.05) is 32.8 Å². The lowest BCUT2D eigenvalue weighted by Crippen LogP contribution is -2.37. The molecule has 0 atom stereocenters. The predicted octanol–water partition coefficient (Wildman–Crippen LogP) is 3.96. The van der Waals surface area contributed by atoms with Gasteiger partial charge in [0.05, 0.1) is 23.8 Å². The first-order valence-electron chi connectivity index (χ1n) is 8.80. The molecular weight excluding hydrogens is 366 g/mol. The summed E-state index contributed by atoms with van der Waals surface area (Å²) in [6, 6.07) is 8.01. The number of aromatic hydroxyl groups is 1. The zero-order chi connectivity index (χ0) is 17.9. The number of para-hydroxylation sites is 1. The first-order chi connectivity index (χ1) is 12.7. The number of allylic oxidation sites excluding steroid dienone is 1. The van der Waals surface area contributed by atoms with E-state index >= 15 is 0 Å². The van der Waals surface area contributed by atoms with Gasteiger partial charge in [0, 0.05) is 43.5 Å². The van der Waals surface area contributed by atoms with Crippen molar-refractivity contribution < 1.29 is 9.84 Å². The number of nitrogens with zero attached hydrogens (tertiary/aromatic N) is 3. The van der Waals surface area contributed by atoms with Crippen LogP contribution < -0.4 is 0 Å². The van der Waals surface area contributed by atoms with E-state index in [0.717, 1.165) is 67.5 Å². The van der Waals surface area contributed by atoms with E-state index < -0.39 is 0 Å². The fourth-order valence-corrected chi connectivity index (χ4v) is 4.59. The summed E-state index contributed by atoms with van der Waals surface area (Å²) in [4.78, 5) is 7.60. The van der Waals surface area contributed by atoms with E-state index in [0.29, 0.717) is 3.95 Å². The minimum atomic E-state index is 0.257. The summed E-state index contributed by atoms with van der Waals surface area (Å²) in [5.41, 5.74) is 3.06. The van der Waals surface area contributed by atoms with E-state index in [9.17, 15) is 5.11 Å². The fourth-order valence-electron chi connectivity index (χ4n) is 3.28. The molecule has 1 saturated heterocycles. The highest BCUT2D eigenvalue weighted by atomic mass is 32.1. The molecule has 2 aromatic rings. The number of thiazole rings is 1. The second kappa shape index (κ2) is 7.84. The molecule has 5 nitrogen and oxygen atoms in total. The molecule has 0 saturated carbocycles. The highest BCUT2D eigenvalue weighted by Crippen LogP contribution is 2.35. The molecule has 0 bridgehead atoms. The van der Waals surface area contributed by atoms with E-state index in [1.54, 1.807) is 0 Å². The Bertz CT molecular complexity index is 908. The van der Waals surface area contributed by atoms with Crippen molar-refractivity contribution in [1.29, 1.82) is 0 Å². The van der Waals surface area contributed by atoms with Gasteiger partial charge >= 0.3 is 0 Å². The summed E-state index contributed by atoms with van der Waals surface area (Å²) in [6.07, 6.45) is 4.78. The monoisotopic (exact) mass is 387 g/mol. The van der Waals surface area contributed by atoms with Crippen LogP contribution in [0.1, 0.15) is 16.9 Å². The molecule has 1 aromatic carbocycles. The molecule has 0 unspecified atom stereocenters. The van der Waals surface area contributed by atoms with Gasteiger partial charge in [0.15, 0.2) is 3.95 Å². The first kappa shape index (κ1) is 17.6. The number of hydrogen-bond acceptors (Lipinski definition) is 6. The second-order valence-electron chi connectivity index (χ2n) is 6.39. The molecule has 4 rings (SSSR count). The van der Waals surface area contributed by atoms with Gasteiger partial charge in [0.25, 0.3) is 0 Å². The third-order valence-electron chi connectivity index (χ3n) is 4.70. The Balaban J connectivity index is 1.48. The summed E-state index contributed by atoms with van der Waals surface area (Å²) < 4.78 is 7.92. The zero-order valence-electron chi connectivity index (χ0n) is 14.4. The van der Waals surface area contributed by atoms with Gasteiger partial charge in [-0.2, -0.15) is 0 Å². The second-order valence-corrected chi connectivity index (χ2v) is 8.07. The van der Waals surface area contributed by atoms with Gasteiger partial charge in [-0.05, 0) is 30.8 Å². The van der Waals surface area contributed by atoms with Gasteiger partial charge in [-0.3, -0.25) is 14.5 Å². The molecule has 1 N–H and O–H groups in total. The minimum absolute atomic E-state index is 0.257. The van der Waals surface area contributed by atoms with Crippen molar-refractivity contribution in [1.82, 2.24) is 9.47 Å². The lowest BCUT2D eigenvalue weighted by Gasteiger charge is -2.26. The number of benzene rings is 1. The van der Waals surface area contributed by atoms with Crippen LogP contribution in [0.5, 0.6) is 5.88 Å². The Hall–Kier alpha value is -1.80. The number of aliphatic imine (C=N–C) groups is 1. The third kappa shape index (κ3) is 3.66. The molecular formula is C19H21N3O2S2. The van der Waals surface area contributed by atoms with Crippen LogP contribution in [0.2, 0.25) is 0 Å². The van der Waals surface area contributed by atoms with Crippen LogP contribution >= 0.6 is 23.6 Å². The normalized spacial score (nSPS) is 18.5. The van der Waals surface area contributed by atoms with Gasteiger partial charge in [-0.15, -0.1) is 11.3 Å². The maximum atomic E-state index is 10.6. The molecule has 26 heavy (non-hydrogen) atoms. The standard InChI is InChI=1S/C19H21N3O2S2/c23-18-17(12-14-13-20-16-5-2-1-4-15(14)16)26-19(25)22(18)7-3-6-21-8-10-24-11-9-21/h1-2,4-5,12-13,23H,3,6-11H2/b14-12-. The summed E-state index contributed by atoms with van der Waals surface area (Å²) >= 11 is 6.92. The molecule has 0 radical (unpaired) electrons. The highest BCUT2D eigenvalue weighted by molar-refractivity contribution is 7.73. The van der Waals surface area contributed by atoms with Crippen molar-refractivity contribution in [2.24, 2.45) is 4.99 Å². The molecule has 0 amide bonds. The van der Waals surface area contributed by atoms with Gasteiger partial charge in [0.1, 0.15) is 0 Å². The molecule has 1 aromatic heterocycles. The van der Waals surface area contributed by atoms with Crippen LogP contribution in [-0.4, -0.2) is 53.6 Å². The van der Waals surface area contributed by atoms with Crippen LogP contribution in [0.25, 0.3) is 11.6 Å². The van der Waals surface area contributed by atoms with Crippen molar-refractivity contribution in [3.8, 4) is 5.88 Å². The molecule has 2 aliphatic rings. The molecule has 7 heteroatoms. The van der Waals surface area contributed by atoms with E-state index in [2.05, 4.69) is 9.89 Å². The number of morpholine rings is 1. The Labute approximate surface area is 161 Å². The van der Waals surface area contributed by atoms with Gasteiger partial charge in [-0.25, -0.2) is 0 Å². The smallest absolute Gasteiger partial charge is 0.210 e. The number of fused-ring (bicyclic) bond motifs is 1. The van der Waals surface area contributed by atoms with Crippen LogP contribution in [0.4, 0.5) is 5.69 Å². The highest BCUT2D eigenvalue weighted by Gasteiger charge is 2.16. The number of ether oxygens (including phenoxy) is 1. The Morgan fingerprint density at radius 3 is 2.88 bits per heavy atom. The topological polar surface area (TPSA) is 50.0 Å². The van der Waals surface area contributed by atoms with Crippen molar-refractivity contribution in [3.05, 3.63) is 38.7 Å². The fraction of sp³-hybridized carbons (Fsp3) is 0.368. The van der Waals surface area contributed by atoms with Gasteiger partial charge in [-0.1, -0.05) is 18.2 Å².